The van der Waals surface area contributed by atoms with E-state index in [1.807, 2.05) is 42.5 Å². The van der Waals surface area contributed by atoms with Crippen LogP contribution in [0.4, 0.5) is 0 Å². The standard InChI is InChI=1S/C24H25NO2/c1-24(2,3)21-15-17(10-11-22(21)27-4)14-19-12-13-25-16-20(19)23(26)18-8-6-5-7-9-18/h5-13,15-16H,14H2,1-4H3. The van der Waals surface area contributed by atoms with Gasteiger partial charge in [-0.1, -0.05) is 63.2 Å². The van der Waals surface area contributed by atoms with Crippen molar-refractivity contribution in [2.45, 2.75) is 32.6 Å². The highest BCUT2D eigenvalue weighted by molar-refractivity contribution is 6.09. The van der Waals surface area contributed by atoms with Crippen LogP contribution in [0.25, 0.3) is 0 Å². The van der Waals surface area contributed by atoms with Gasteiger partial charge in [0.05, 0.1) is 7.11 Å². The van der Waals surface area contributed by atoms with Crippen LogP contribution in [0, 0.1) is 0 Å². The van der Waals surface area contributed by atoms with Crippen LogP contribution >= 0.6 is 0 Å². The third-order valence-electron chi connectivity index (χ3n) is 4.66. The fraction of sp³-hybridized carbons (Fsp3) is 0.250. The molecule has 0 saturated carbocycles. The second-order valence-corrected chi connectivity index (χ2v) is 7.69. The van der Waals surface area contributed by atoms with Crippen LogP contribution in [0.15, 0.2) is 67.0 Å². The van der Waals surface area contributed by atoms with E-state index in [0.29, 0.717) is 17.5 Å². The molecule has 27 heavy (non-hydrogen) atoms. The predicted octanol–water partition coefficient (Wildman–Crippen LogP) is 5.21. The summed E-state index contributed by atoms with van der Waals surface area (Å²) >= 11 is 0. The van der Waals surface area contributed by atoms with Gasteiger partial charge in [-0.15, -0.1) is 0 Å². The molecular weight excluding hydrogens is 334 g/mol. The largest absolute Gasteiger partial charge is 0.496 e. The zero-order valence-corrected chi connectivity index (χ0v) is 16.3. The minimum absolute atomic E-state index is 0.00302. The highest BCUT2D eigenvalue weighted by Crippen LogP contribution is 2.32. The van der Waals surface area contributed by atoms with Gasteiger partial charge in [-0.2, -0.15) is 0 Å². The molecule has 1 aromatic heterocycles. The molecule has 0 unspecified atom stereocenters. The molecule has 0 spiro atoms. The molecule has 3 aromatic rings. The minimum atomic E-state index is -0.0255. The quantitative estimate of drug-likeness (QED) is 0.587. The number of methoxy groups -OCH3 is 1. The molecule has 2 aromatic carbocycles. The van der Waals surface area contributed by atoms with E-state index in [2.05, 4.69) is 37.9 Å². The Kier molecular flexibility index (Phi) is 5.41. The maximum absolute atomic E-state index is 12.9. The first-order chi connectivity index (χ1) is 12.9. The monoisotopic (exact) mass is 359 g/mol. The number of ketones is 1. The number of carbonyl (C=O) groups excluding carboxylic acids is 1. The second kappa shape index (κ2) is 7.75. The third kappa shape index (κ3) is 4.25. The zero-order valence-electron chi connectivity index (χ0n) is 16.3. The van der Waals surface area contributed by atoms with E-state index >= 15 is 0 Å². The number of benzene rings is 2. The number of rotatable bonds is 5. The molecule has 0 N–H and O–H groups in total. The Bertz CT molecular complexity index is 940. The van der Waals surface area contributed by atoms with E-state index < -0.39 is 0 Å². The van der Waals surface area contributed by atoms with Crippen molar-refractivity contribution in [2.24, 2.45) is 0 Å². The maximum Gasteiger partial charge on any atom is 0.194 e. The summed E-state index contributed by atoms with van der Waals surface area (Å²) in [5, 5.41) is 0. The summed E-state index contributed by atoms with van der Waals surface area (Å²) in [6.07, 6.45) is 4.08. The van der Waals surface area contributed by atoms with Crippen molar-refractivity contribution in [2.75, 3.05) is 7.11 Å². The van der Waals surface area contributed by atoms with Crippen molar-refractivity contribution in [3.63, 3.8) is 0 Å². The topological polar surface area (TPSA) is 39.2 Å². The van der Waals surface area contributed by atoms with E-state index in [4.69, 9.17) is 4.74 Å². The van der Waals surface area contributed by atoms with Gasteiger partial charge in [0, 0.05) is 23.5 Å². The van der Waals surface area contributed by atoms with Crippen molar-refractivity contribution in [3.05, 3.63) is 94.8 Å². The Labute approximate surface area is 161 Å². The van der Waals surface area contributed by atoms with Gasteiger partial charge in [0.25, 0.3) is 0 Å². The number of nitrogens with zero attached hydrogens (tertiary/aromatic N) is 1. The first-order valence-electron chi connectivity index (χ1n) is 9.10. The van der Waals surface area contributed by atoms with Crippen LogP contribution in [0.3, 0.4) is 0 Å². The fourth-order valence-corrected chi connectivity index (χ4v) is 3.20. The normalized spacial score (nSPS) is 11.3. The Morgan fingerprint density at radius 1 is 1.04 bits per heavy atom. The molecule has 0 saturated heterocycles. The SMILES string of the molecule is COc1ccc(Cc2ccncc2C(=O)c2ccccc2)cc1C(C)(C)C. The van der Waals surface area contributed by atoms with Crippen molar-refractivity contribution in [1.82, 2.24) is 4.98 Å². The van der Waals surface area contributed by atoms with Crippen LogP contribution in [0.1, 0.15) is 53.4 Å². The Morgan fingerprint density at radius 3 is 2.44 bits per heavy atom. The molecule has 3 rings (SSSR count). The van der Waals surface area contributed by atoms with E-state index in [1.54, 1.807) is 19.5 Å². The molecule has 0 aliphatic carbocycles. The number of hydrogen-bond donors (Lipinski definition) is 0. The van der Waals surface area contributed by atoms with Crippen molar-refractivity contribution < 1.29 is 9.53 Å². The molecule has 138 valence electrons. The molecule has 3 heteroatoms. The Hall–Kier alpha value is -2.94. The molecule has 3 nitrogen and oxygen atoms in total. The number of pyridine rings is 1. The zero-order chi connectivity index (χ0) is 19.4. The van der Waals surface area contributed by atoms with Crippen molar-refractivity contribution in [3.8, 4) is 5.75 Å². The lowest BCUT2D eigenvalue weighted by molar-refractivity contribution is 0.103. The predicted molar refractivity (Wildman–Crippen MR) is 109 cm³/mol. The van der Waals surface area contributed by atoms with Gasteiger partial charge in [-0.3, -0.25) is 9.78 Å². The highest BCUT2D eigenvalue weighted by atomic mass is 16.5. The summed E-state index contributed by atoms with van der Waals surface area (Å²) in [6, 6.07) is 17.5. The average molecular weight is 359 g/mol. The van der Waals surface area contributed by atoms with Crippen molar-refractivity contribution in [1.29, 1.82) is 0 Å². The summed E-state index contributed by atoms with van der Waals surface area (Å²) < 4.78 is 5.53. The van der Waals surface area contributed by atoms with E-state index in [0.717, 1.165) is 22.4 Å². The lowest BCUT2D eigenvalue weighted by Crippen LogP contribution is -2.13. The lowest BCUT2D eigenvalue weighted by atomic mass is 9.84. The summed E-state index contributed by atoms with van der Waals surface area (Å²) in [4.78, 5) is 17.1. The summed E-state index contributed by atoms with van der Waals surface area (Å²) in [6.45, 7) is 6.52. The minimum Gasteiger partial charge on any atom is -0.496 e. The van der Waals surface area contributed by atoms with Crippen LogP contribution in [0.2, 0.25) is 0 Å². The van der Waals surface area contributed by atoms with Gasteiger partial charge in [-0.25, -0.2) is 0 Å². The van der Waals surface area contributed by atoms with Crippen LogP contribution in [-0.2, 0) is 11.8 Å². The van der Waals surface area contributed by atoms with Gasteiger partial charge < -0.3 is 4.74 Å². The number of aromatic nitrogens is 1. The lowest BCUT2D eigenvalue weighted by Gasteiger charge is -2.23. The third-order valence-corrected chi connectivity index (χ3v) is 4.66. The molecule has 0 atom stereocenters. The molecule has 0 radical (unpaired) electrons. The molecular formula is C24H25NO2. The summed E-state index contributed by atoms with van der Waals surface area (Å²) in [5.41, 5.74) is 4.58. The van der Waals surface area contributed by atoms with Gasteiger partial charge in [-0.05, 0) is 40.7 Å². The number of hydrogen-bond acceptors (Lipinski definition) is 3. The Morgan fingerprint density at radius 2 is 1.78 bits per heavy atom. The highest BCUT2D eigenvalue weighted by Gasteiger charge is 2.20. The van der Waals surface area contributed by atoms with Gasteiger partial charge >= 0.3 is 0 Å². The first-order valence-corrected chi connectivity index (χ1v) is 9.10. The van der Waals surface area contributed by atoms with Crippen LogP contribution < -0.4 is 4.74 Å². The summed E-state index contributed by atoms with van der Waals surface area (Å²) in [5.74, 6) is 0.893. The molecule has 0 aliphatic heterocycles. The van der Waals surface area contributed by atoms with E-state index in [1.165, 1.54) is 0 Å². The average Bonchev–Trinajstić information content (AvgIpc) is 2.68. The smallest absolute Gasteiger partial charge is 0.194 e. The fourth-order valence-electron chi connectivity index (χ4n) is 3.20. The van der Waals surface area contributed by atoms with E-state index in [9.17, 15) is 4.79 Å². The van der Waals surface area contributed by atoms with Gasteiger partial charge in [0.15, 0.2) is 5.78 Å². The maximum atomic E-state index is 12.9. The first kappa shape index (κ1) is 18.8. The second-order valence-electron chi connectivity index (χ2n) is 7.69. The molecule has 0 fully saturated rings. The van der Waals surface area contributed by atoms with Gasteiger partial charge in [0.2, 0.25) is 0 Å². The van der Waals surface area contributed by atoms with Gasteiger partial charge in [0.1, 0.15) is 5.75 Å². The van der Waals surface area contributed by atoms with Crippen molar-refractivity contribution >= 4 is 5.78 Å². The van der Waals surface area contributed by atoms with Crippen LogP contribution in [-0.4, -0.2) is 17.9 Å². The van der Waals surface area contributed by atoms with E-state index in [-0.39, 0.29) is 11.2 Å². The van der Waals surface area contributed by atoms with Crippen LogP contribution in [0.5, 0.6) is 5.75 Å². The molecule has 1 heterocycles. The number of ether oxygens (including phenoxy) is 1. The molecule has 0 bridgehead atoms. The Balaban J connectivity index is 1.97. The number of carbonyl (C=O) groups is 1. The molecule has 0 aliphatic rings. The summed E-state index contributed by atoms with van der Waals surface area (Å²) in [7, 11) is 1.70. The molecule has 0 amide bonds.